The van der Waals surface area contributed by atoms with Gasteiger partial charge in [-0.1, -0.05) is 44.2 Å². The Morgan fingerprint density at radius 1 is 1.04 bits per heavy atom. The van der Waals surface area contributed by atoms with Gasteiger partial charge < -0.3 is 14.8 Å². The van der Waals surface area contributed by atoms with Gasteiger partial charge in [0.15, 0.2) is 6.61 Å². The van der Waals surface area contributed by atoms with Gasteiger partial charge in [-0.15, -0.1) is 0 Å². The van der Waals surface area contributed by atoms with Gasteiger partial charge in [0.25, 0.3) is 5.91 Å². The van der Waals surface area contributed by atoms with E-state index in [9.17, 15) is 4.79 Å². The molecule has 134 valence electrons. The molecule has 0 fully saturated rings. The molecular weight excluding hydrogens is 314 g/mol. The van der Waals surface area contributed by atoms with Gasteiger partial charge in [-0.25, -0.2) is 0 Å². The topological polar surface area (TPSA) is 47.6 Å². The fourth-order valence-electron chi connectivity index (χ4n) is 2.48. The fourth-order valence-corrected chi connectivity index (χ4v) is 2.48. The van der Waals surface area contributed by atoms with Crippen LogP contribution in [0.25, 0.3) is 0 Å². The minimum Gasteiger partial charge on any atom is -0.491 e. The molecule has 0 aliphatic carbocycles. The Hall–Kier alpha value is -2.49. The first-order valence-corrected chi connectivity index (χ1v) is 8.66. The van der Waals surface area contributed by atoms with Crippen LogP contribution >= 0.6 is 0 Å². The Bertz CT molecular complexity index is 683. The number of aryl methyl sites for hydroxylation is 1. The largest absolute Gasteiger partial charge is 0.491 e. The van der Waals surface area contributed by atoms with E-state index in [4.69, 9.17) is 9.47 Å². The summed E-state index contributed by atoms with van der Waals surface area (Å²) in [7, 11) is 0. The zero-order valence-electron chi connectivity index (χ0n) is 15.4. The Morgan fingerprint density at radius 2 is 1.76 bits per heavy atom. The molecule has 2 rings (SSSR count). The van der Waals surface area contributed by atoms with E-state index in [2.05, 4.69) is 31.3 Å². The number of hydrogen-bond donors (Lipinski definition) is 1. The lowest BCUT2D eigenvalue weighted by atomic mass is 10.0. The van der Waals surface area contributed by atoms with E-state index in [-0.39, 0.29) is 18.6 Å². The Balaban J connectivity index is 1.81. The van der Waals surface area contributed by atoms with Crippen LogP contribution in [0, 0.1) is 6.92 Å². The third-order valence-electron chi connectivity index (χ3n) is 3.80. The highest BCUT2D eigenvalue weighted by molar-refractivity contribution is 5.77. The normalized spacial score (nSPS) is 11.9. The smallest absolute Gasteiger partial charge is 0.258 e. The number of benzene rings is 2. The highest BCUT2D eigenvalue weighted by Gasteiger charge is 2.12. The molecule has 1 atom stereocenters. The first kappa shape index (κ1) is 18.8. The van der Waals surface area contributed by atoms with Crippen molar-refractivity contribution >= 4 is 5.91 Å². The van der Waals surface area contributed by atoms with E-state index >= 15 is 0 Å². The van der Waals surface area contributed by atoms with Crippen molar-refractivity contribution in [2.45, 2.75) is 39.7 Å². The van der Waals surface area contributed by atoms with Crippen molar-refractivity contribution in [1.29, 1.82) is 0 Å². The van der Waals surface area contributed by atoms with Crippen molar-refractivity contribution in [3.8, 4) is 11.5 Å². The number of rotatable bonds is 8. The number of amides is 1. The summed E-state index contributed by atoms with van der Waals surface area (Å²) in [5.74, 6) is 1.76. The van der Waals surface area contributed by atoms with Crippen LogP contribution in [0.2, 0.25) is 0 Å². The lowest BCUT2D eigenvalue weighted by Gasteiger charge is -2.17. The lowest BCUT2D eigenvalue weighted by Crippen LogP contribution is -2.39. The summed E-state index contributed by atoms with van der Waals surface area (Å²) in [6.07, 6.45) is 0. The molecule has 25 heavy (non-hydrogen) atoms. The van der Waals surface area contributed by atoms with E-state index in [0.717, 1.165) is 22.6 Å². The summed E-state index contributed by atoms with van der Waals surface area (Å²) in [6, 6.07) is 15.6. The second-order valence-electron chi connectivity index (χ2n) is 6.58. The van der Waals surface area contributed by atoms with E-state index in [0.29, 0.717) is 12.5 Å². The van der Waals surface area contributed by atoms with Crippen LogP contribution in [0.1, 0.15) is 37.8 Å². The van der Waals surface area contributed by atoms with Crippen LogP contribution < -0.4 is 14.8 Å². The van der Waals surface area contributed by atoms with Crippen molar-refractivity contribution in [1.82, 2.24) is 5.32 Å². The lowest BCUT2D eigenvalue weighted by molar-refractivity contribution is -0.123. The van der Waals surface area contributed by atoms with E-state index in [1.165, 1.54) is 0 Å². The quantitative estimate of drug-likeness (QED) is 0.787. The summed E-state index contributed by atoms with van der Waals surface area (Å²) in [5, 5.41) is 2.89. The van der Waals surface area contributed by atoms with E-state index < -0.39 is 0 Å². The average Bonchev–Trinajstić information content (AvgIpc) is 2.59. The predicted octanol–water partition coefficient (Wildman–Crippen LogP) is 4.08. The summed E-state index contributed by atoms with van der Waals surface area (Å²) in [4.78, 5) is 12.1. The second-order valence-corrected chi connectivity index (χ2v) is 6.58. The van der Waals surface area contributed by atoms with Crippen molar-refractivity contribution < 1.29 is 14.3 Å². The van der Waals surface area contributed by atoms with Crippen LogP contribution in [-0.2, 0) is 4.79 Å². The first-order chi connectivity index (χ1) is 12.0. The van der Waals surface area contributed by atoms with Gasteiger partial charge in [-0.2, -0.15) is 0 Å². The maximum absolute atomic E-state index is 12.1. The number of para-hydroxylation sites is 1. The third-order valence-corrected chi connectivity index (χ3v) is 3.80. The summed E-state index contributed by atoms with van der Waals surface area (Å²) < 4.78 is 11.4. The highest BCUT2D eigenvalue weighted by atomic mass is 16.5. The average molecular weight is 341 g/mol. The number of carbonyl (C=O) groups excluding carboxylic acids is 1. The van der Waals surface area contributed by atoms with Gasteiger partial charge in [-0.3, -0.25) is 4.79 Å². The molecule has 1 amide bonds. The molecule has 0 aliphatic heterocycles. The second kappa shape index (κ2) is 9.11. The maximum Gasteiger partial charge on any atom is 0.258 e. The van der Waals surface area contributed by atoms with Crippen LogP contribution in [0.15, 0.2) is 48.5 Å². The molecule has 0 radical (unpaired) electrons. The Morgan fingerprint density at radius 3 is 2.44 bits per heavy atom. The van der Waals surface area contributed by atoms with Gasteiger partial charge >= 0.3 is 0 Å². The Kier molecular flexibility index (Phi) is 6.87. The van der Waals surface area contributed by atoms with Gasteiger partial charge in [0.05, 0.1) is 6.04 Å². The number of carbonyl (C=O) groups is 1. The SMILES string of the molecule is Cc1ccc(C(C)C)c(OCC(=O)N[C@@H](C)COc2ccccc2)c1. The molecule has 4 heteroatoms. The predicted molar refractivity (Wildman–Crippen MR) is 100 cm³/mol. The molecular formula is C21H27NO3. The van der Waals surface area contributed by atoms with Gasteiger partial charge in [0.1, 0.15) is 18.1 Å². The molecule has 0 bridgehead atoms. The molecule has 2 aromatic rings. The zero-order valence-corrected chi connectivity index (χ0v) is 15.4. The van der Waals surface area contributed by atoms with Crippen LogP contribution in [0.4, 0.5) is 0 Å². The van der Waals surface area contributed by atoms with E-state index in [1.807, 2.05) is 50.2 Å². The van der Waals surface area contributed by atoms with Crippen molar-refractivity contribution in [3.63, 3.8) is 0 Å². The Labute approximate surface area is 150 Å². The molecule has 0 unspecified atom stereocenters. The van der Waals surface area contributed by atoms with Gasteiger partial charge in [0.2, 0.25) is 0 Å². The van der Waals surface area contributed by atoms with Crippen molar-refractivity contribution in [3.05, 3.63) is 59.7 Å². The first-order valence-electron chi connectivity index (χ1n) is 8.66. The number of nitrogens with one attached hydrogen (secondary N) is 1. The standard InChI is InChI=1S/C21H27NO3/c1-15(2)19-11-10-16(3)12-20(19)25-14-21(23)22-17(4)13-24-18-8-6-5-7-9-18/h5-12,15,17H,13-14H2,1-4H3,(H,22,23)/t17-/m0/s1. The minimum absolute atomic E-state index is 0.00114. The molecule has 0 aromatic heterocycles. The van der Waals surface area contributed by atoms with Gasteiger partial charge in [0, 0.05) is 0 Å². The molecule has 4 nitrogen and oxygen atoms in total. The molecule has 0 spiro atoms. The number of hydrogen-bond acceptors (Lipinski definition) is 3. The summed E-state index contributed by atoms with van der Waals surface area (Å²) in [6.45, 7) is 8.56. The highest BCUT2D eigenvalue weighted by Crippen LogP contribution is 2.27. The third kappa shape index (κ3) is 6.14. The van der Waals surface area contributed by atoms with Gasteiger partial charge in [-0.05, 0) is 49.1 Å². The number of ether oxygens (including phenoxy) is 2. The molecule has 1 N–H and O–H groups in total. The van der Waals surface area contributed by atoms with E-state index in [1.54, 1.807) is 0 Å². The molecule has 0 heterocycles. The van der Waals surface area contributed by atoms with Crippen LogP contribution in [0.3, 0.4) is 0 Å². The van der Waals surface area contributed by atoms with Crippen molar-refractivity contribution in [2.75, 3.05) is 13.2 Å². The summed E-state index contributed by atoms with van der Waals surface area (Å²) in [5.41, 5.74) is 2.23. The molecule has 0 saturated carbocycles. The zero-order chi connectivity index (χ0) is 18.2. The van der Waals surface area contributed by atoms with Crippen LogP contribution in [-0.4, -0.2) is 25.2 Å². The van der Waals surface area contributed by atoms with Crippen molar-refractivity contribution in [2.24, 2.45) is 0 Å². The maximum atomic E-state index is 12.1. The molecule has 0 aliphatic rings. The molecule has 2 aromatic carbocycles. The van der Waals surface area contributed by atoms with Crippen LogP contribution in [0.5, 0.6) is 11.5 Å². The molecule has 0 saturated heterocycles. The monoisotopic (exact) mass is 341 g/mol. The minimum atomic E-state index is -0.152. The fraction of sp³-hybridized carbons (Fsp3) is 0.381. The summed E-state index contributed by atoms with van der Waals surface area (Å²) >= 11 is 0.